The second-order valence-corrected chi connectivity index (χ2v) is 9.11. The number of aliphatic imine (C=N–C) groups is 1. The molecular formula is C24H20ClFN4O6. The van der Waals surface area contributed by atoms with Crippen LogP contribution in [0, 0.1) is 15.9 Å². The lowest BCUT2D eigenvalue weighted by molar-refractivity contribution is -0.385. The fraction of sp³-hybridized carbons (Fsp3) is 0.292. The molecule has 1 N–H and O–H groups in total. The summed E-state index contributed by atoms with van der Waals surface area (Å²) in [7, 11) is 0. The van der Waals surface area contributed by atoms with Crippen LogP contribution in [0.1, 0.15) is 30.9 Å². The number of rotatable bonds is 6. The summed E-state index contributed by atoms with van der Waals surface area (Å²) in [6.45, 7) is 0.766. The number of fused-ring (bicyclic) bond motifs is 1. The predicted octanol–water partition coefficient (Wildman–Crippen LogP) is 4.79. The molecule has 0 radical (unpaired) electrons. The highest BCUT2D eigenvalue weighted by atomic mass is 35.5. The molecule has 10 nitrogen and oxygen atoms in total. The number of carbonyl (C=O) groups is 1. The second kappa shape index (κ2) is 9.23. The van der Waals surface area contributed by atoms with Crippen molar-refractivity contribution in [1.29, 1.82) is 0 Å². The van der Waals surface area contributed by atoms with Gasteiger partial charge in [-0.05, 0) is 31.4 Å². The quantitative estimate of drug-likeness (QED) is 0.217. The molecule has 186 valence electrons. The van der Waals surface area contributed by atoms with E-state index in [-0.39, 0.29) is 33.9 Å². The number of carboxylic acid groups (broad SMARTS) is 1. The van der Waals surface area contributed by atoms with Crippen LogP contribution >= 0.6 is 11.6 Å². The number of hydrogen-bond donors (Lipinski definition) is 1. The van der Waals surface area contributed by atoms with Gasteiger partial charge < -0.3 is 19.3 Å². The van der Waals surface area contributed by atoms with Crippen molar-refractivity contribution in [3.8, 4) is 5.75 Å². The number of anilines is 1. The van der Waals surface area contributed by atoms with Crippen molar-refractivity contribution in [2.75, 3.05) is 18.0 Å². The number of pyridine rings is 1. The average Bonchev–Trinajstić information content (AvgIpc) is 3.58. The van der Waals surface area contributed by atoms with Gasteiger partial charge in [0, 0.05) is 31.4 Å². The Kier molecular flexibility index (Phi) is 6.09. The lowest BCUT2D eigenvalue weighted by Crippen LogP contribution is -2.23. The van der Waals surface area contributed by atoms with E-state index in [1.54, 1.807) is 27.7 Å². The molecule has 0 amide bonds. The van der Waals surface area contributed by atoms with Gasteiger partial charge in [0.2, 0.25) is 5.43 Å². The van der Waals surface area contributed by atoms with Gasteiger partial charge in [0.1, 0.15) is 5.82 Å². The average molecular weight is 515 g/mol. The number of ether oxygens (including phenoxy) is 1. The van der Waals surface area contributed by atoms with Crippen LogP contribution in [0.4, 0.5) is 20.6 Å². The van der Waals surface area contributed by atoms with Crippen LogP contribution in [0.3, 0.4) is 0 Å². The Bertz CT molecular complexity index is 1490. The van der Waals surface area contributed by atoms with Crippen molar-refractivity contribution in [3.05, 3.63) is 73.3 Å². The lowest BCUT2D eigenvalue weighted by Gasteiger charge is -2.23. The van der Waals surface area contributed by atoms with Crippen molar-refractivity contribution in [3.63, 3.8) is 0 Å². The van der Waals surface area contributed by atoms with E-state index >= 15 is 4.39 Å². The van der Waals surface area contributed by atoms with Gasteiger partial charge in [0.15, 0.2) is 5.75 Å². The van der Waals surface area contributed by atoms with E-state index in [2.05, 4.69) is 9.73 Å². The highest BCUT2D eigenvalue weighted by Gasteiger charge is 2.32. The van der Waals surface area contributed by atoms with Crippen LogP contribution in [-0.2, 0) is 0 Å². The molecule has 1 saturated carbocycles. The number of hydrogen-bond acceptors (Lipinski definition) is 7. The van der Waals surface area contributed by atoms with Gasteiger partial charge >= 0.3 is 6.16 Å². The summed E-state index contributed by atoms with van der Waals surface area (Å²) in [5, 5.41) is 20.2. The van der Waals surface area contributed by atoms with Crippen molar-refractivity contribution >= 4 is 46.2 Å². The zero-order valence-electron chi connectivity index (χ0n) is 18.8. The summed E-state index contributed by atoms with van der Waals surface area (Å²) in [4.78, 5) is 40.8. The van der Waals surface area contributed by atoms with Crippen LogP contribution in [0.15, 0.2) is 46.3 Å². The van der Waals surface area contributed by atoms with Gasteiger partial charge in [-0.2, -0.15) is 0 Å². The largest absolute Gasteiger partial charge is 0.511 e. The van der Waals surface area contributed by atoms with Gasteiger partial charge in [0.05, 0.1) is 44.3 Å². The minimum Gasteiger partial charge on any atom is -0.449 e. The second-order valence-electron chi connectivity index (χ2n) is 8.73. The molecular weight excluding hydrogens is 495 g/mol. The first-order chi connectivity index (χ1) is 17.2. The molecule has 36 heavy (non-hydrogen) atoms. The molecule has 1 aromatic heterocycles. The number of halogens is 2. The molecule has 1 aliphatic carbocycles. The molecule has 2 fully saturated rings. The van der Waals surface area contributed by atoms with E-state index in [1.165, 1.54) is 18.5 Å². The maximum atomic E-state index is 15.3. The highest BCUT2D eigenvalue weighted by Crippen LogP contribution is 2.43. The number of benzene rings is 2. The number of nitrogens with zero attached hydrogens (tertiary/aromatic N) is 4. The van der Waals surface area contributed by atoms with E-state index in [1.807, 2.05) is 0 Å². The third kappa shape index (κ3) is 4.37. The van der Waals surface area contributed by atoms with Crippen LogP contribution in [-0.4, -0.2) is 46.1 Å². The van der Waals surface area contributed by atoms with E-state index in [4.69, 9.17) is 16.7 Å². The molecule has 2 aliphatic rings. The monoisotopic (exact) mass is 514 g/mol. The minimum absolute atomic E-state index is 0.00218. The van der Waals surface area contributed by atoms with Crippen LogP contribution < -0.4 is 15.1 Å². The Balaban J connectivity index is 1.49. The molecule has 3 aromatic rings. The van der Waals surface area contributed by atoms with Crippen molar-refractivity contribution in [2.45, 2.75) is 31.3 Å². The Labute approximate surface area is 208 Å². The van der Waals surface area contributed by atoms with Gasteiger partial charge in [-0.1, -0.05) is 23.7 Å². The third-order valence-corrected chi connectivity index (χ3v) is 6.68. The fourth-order valence-electron chi connectivity index (χ4n) is 4.52. The summed E-state index contributed by atoms with van der Waals surface area (Å²) in [5.41, 5.74) is 0.0242. The first-order valence-corrected chi connectivity index (χ1v) is 11.6. The normalized spacial score (nSPS) is 17.7. The number of nitro benzene ring substituents is 1. The Morgan fingerprint density at radius 3 is 2.75 bits per heavy atom. The van der Waals surface area contributed by atoms with E-state index < -0.39 is 28.1 Å². The topological polar surface area (TPSA) is 127 Å². The van der Waals surface area contributed by atoms with Crippen LogP contribution in [0.2, 0.25) is 5.02 Å². The van der Waals surface area contributed by atoms with Gasteiger partial charge in [0.25, 0.3) is 5.69 Å². The van der Waals surface area contributed by atoms with Gasteiger partial charge in [-0.25, -0.2) is 9.18 Å². The molecule has 2 aromatic carbocycles. The third-order valence-electron chi connectivity index (χ3n) is 6.33. The Hall–Kier alpha value is -3.99. The van der Waals surface area contributed by atoms with Crippen molar-refractivity contribution in [1.82, 2.24) is 4.57 Å². The van der Waals surface area contributed by atoms with Crippen LogP contribution in [0.25, 0.3) is 10.9 Å². The standard InChI is InChI=1S/C24H20ClFN4O6/c25-20-21-16(23(31)19(36-24(32)33)12-29(21)15-5-6-15)9-17(26)22(20)28-8-7-14(11-28)27-10-13-3-1-2-4-18(13)30(34)35/h1-4,9-10,12,14-15H,5-8,11H2,(H,32,33). The maximum absolute atomic E-state index is 15.3. The summed E-state index contributed by atoms with van der Waals surface area (Å²) >= 11 is 6.70. The molecule has 0 spiro atoms. The fourth-order valence-corrected chi connectivity index (χ4v) is 4.93. The maximum Gasteiger partial charge on any atom is 0.511 e. The first kappa shape index (κ1) is 23.7. The Morgan fingerprint density at radius 1 is 1.31 bits per heavy atom. The zero-order chi connectivity index (χ0) is 25.6. The minimum atomic E-state index is -1.64. The number of aromatic nitrogens is 1. The summed E-state index contributed by atoms with van der Waals surface area (Å²) < 4.78 is 21.6. The molecule has 5 rings (SSSR count). The highest BCUT2D eigenvalue weighted by molar-refractivity contribution is 6.38. The van der Waals surface area contributed by atoms with Gasteiger partial charge in [-0.15, -0.1) is 0 Å². The number of nitro groups is 1. The van der Waals surface area contributed by atoms with Crippen molar-refractivity contribution < 1.29 is 24.0 Å². The zero-order valence-corrected chi connectivity index (χ0v) is 19.5. The SMILES string of the molecule is O=C(O)Oc1cn(C2CC2)c2c(Cl)c(N3CCC(N=Cc4ccccc4[N+](=O)[O-])C3)c(F)cc2c1=O. The lowest BCUT2D eigenvalue weighted by atomic mass is 10.1. The Morgan fingerprint density at radius 2 is 2.06 bits per heavy atom. The van der Waals surface area contributed by atoms with E-state index in [9.17, 15) is 19.7 Å². The molecule has 0 bridgehead atoms. The first-order valence-electron chi connectivity index (χ1n) is 11.2. The molecule has 1 aliphatic heterocycles. The molecule has 1 saturated heterocycles. The molecule has 1 atom stereocenters. The molecule has 12 heteroatoms. The summed E-state index contributed by atoms with van der Waals surface area (Å²) in [5.74, 6) is -1.13. The molecule has 1 unspecified atom stereocenters. The van der Waals surface area contributed by atoms with E-state index in [0.29, 0.717) is 30.6 Å². The van der Waals surface area contributed by atoms with Crippen LogP contribution in [0.5, 0.6) is 5.75 Å². The van der Waals surface area contributed by atoms with Crippen molar-refractivity contribution in [2.24, 2.45) is 4.99 Å². The molecule has 2 heterocycles. The predicted molar refractivity (Wildman–Crippen MR) is 131 cm³/mol. The smallest absolute Gasteiger partial charge is 0.449 e. The van der Waals surface area contributed by atoms with E-state index in [0.717, 1.165) is 18.9 Å². The van der Waals surface area contributed by atoms with Gasteiger partial charge in [-0.3, -0.25) is 19.9 Å². The summed E-state index contributed by atoms with van der Waals surface area (Å²) in [6.07, 6.45) is 3.32. The summed E-state index contributed by atoms with van der Waals surface area (Å²) in [6, 6.07) is 7.09. The number of para-hydroxylation sites is 1.